The Labute approximate surface area is 216 Å². The van der Waals surface area contributed by atoms with E-state index in [9.17, 15) is 4.79 Å². The number of rotatable bonds is 7. The lowest BCUT2D eigenvalue weighted by atomic mass is 9.72. The van der Waals surface area contributed by atoms with Gasteiger partial charge < -0.3 is 19.7 Å². The Morgan fingerprint density at radius 2 is 1.80 bits per heavy atom. The predicted octanol–water partition coefficient (Wildman–Crippen LogP) is 5.30. The quantitative estimate of drug-likeness (QED) is 0.431. The number of fused-ring (bicyclic) bond motifs is 1. The maximum absolute atomic E-state index is 12.2. The first-order valence-electron chi connectivity index (χ1n) is 11.6. The van der Waals surface area contributed by atoms with Crippen molar-refractivity contribution < 1.29 is 14.3 Å². The number of halogens is 2. The molecule has 7 nitrogen and oxygen atoms in total. The first-order chi connectivity index (χ1) is 16.8. The van der Waals surface area contributed by atoms with Gasteiger partial charge in [0.05, 0.1) is 30.3 Å². The Balaban J connectivity index is 1.61. The highest BCUT2D eigenvalue weighted by Gasteiger charge is 2.43. The first-order valence-corrected chi connectivity index (χ1v) is 12.4. The number of nitrogens with zero attached hydrogens (tertiary/aromatic N) is 1. The second-order valence-electron chi connectivity index (χ2n) is 9.23. The van der Waals surface area contributed by atoms with E-state index in [0.29, 0.717) is 27.5 Å². The monoisotopic (exact) mass is 518 g/mol. The van der Waals surface area contributed by atoms with E-state index in [1.54, 1.807) is 20.3 Å². The fourth-order valence-electron chi connectivity index (χ4n) is 5.28. The summed E-state index contributed by atoms with van der Waals surface area (Å²) in [6.07, 6.45) is 4.02. The molecule has 1 saturated heterocycles. The average molecular weight is 519 g/mol. The summed E-state index contributed by atoms with van der Waals surface area (Å²) in [7, 11) is 7.13. The zero-order valence-electron chi connectivity index (χ0n) is 20.5. The number of nitrogens with one attached hydrogen (secondary N) is 3. The molecular formula is C26H32Cl2N4O3. The summed E-state index contributed by atoms with van der Waals surface area (Å²) in [5.74, 6) is 1.38. The Bertz CT molecular complexity index is 1100. The lowest BCUT2D eigenvalue weighted by Gasteiger charge is -2.34. The molecule has 0 radical (unpaired) electrons. The predicted molar refractivity (Wildman–Crippen MR) is 142 cm³/mol. The third-order valence-corrected chi connectivity index (χ3v) is 7.88. The molecule has 3 unspecified atom stereocenters. The zero-order valence-corrected chi connectivity index (χ0v) is 22.0. The van der Waals surface area contributed by atoms with Crippen molar-refractivity contribution in [3.63, 3.8) is 0 Å². The molecule has 1 heterocycles. The zero-order chi connectivity index (χ0) is 25.3. The van der Waals surface area contributed by atoms with Crippen LogP contribution < -0.4 is 30.5 Å². The standard InChI is InChI=1S/C26H32Cl2N4O3/c1-6-22(33)29-18-12-15(32(2)3)8-10-16(18)26-17-9-7-14(11-19(17)30-31-26)23-24(27)20(34-4)13-21(35-5)25(23)28/h6,8,10,12-14,17,19,26,30-31H,1,7,9,11H2,2-5H3,(H,29,33)/t14-,17?,19?,26?/m0/s1. The van der Waals surface area contributed by atoms with Crippen LogP contribution in [-0.4, -0.2) is 40.3 Å². The van der Waals surface area contributed by atoms with E-state index in [1.807, 2.05) is 25.1 Å². The van der Waals surface area contributed by atoms with Crippen LogP contribution in [0, 0.1) is 5.92 Å². The molecule has 4 atom stereocenters. The summed E-state index contributed by atoms with van der Waals surface area (Å²) in [5, 5.41) is 4.07. The largest absolute Gasteiger partial charge is 0.495 e. The van der Waals surface area contributed by atoms with Crippen LogP contribution in [0.25, 0.3) is 0 Å². The van der Waals surface area contributed by atoms with Gasteiger partial charge in [0.15, 0.2) is 0 Å². The highest BCUT2D eigenvalue weighted by atomic mass is 35.5. The van der Waals surface area contributed by atoms with E-state index in [2.05, 4.69) is 34.9 Å². The molecule has 1 saturated carbocycles. The van der Waals surface area contributed by atoms with Gasteiger partial charge in [0.2, 0.25) is 5.91 Å². The van der Waals surface area contributed by atoms with Gasteiger partial charge in [0.1, 0.15) is 11.5 Å². The highest BCUT2D eigenvalue weighted by molar-refractivity contribution is 6.38. The van der Waals surface area contributed by atoms with Crippen LogP contribution in [0.4, 0.5) is 11.4 Å². The number of anilines is 2. The van der Waals surface area contributed by atoms with Crippen molar-refractivity contribution in [1.29, 1.82) is 0 Å². The van der Waals surface area contributed by atoms with E-state index in [-0.39, 0.29) is 23.9 Å². The Morgan fingerprint density at radius 1 is 1.11 bits per heavy atom. The lowest BCUT2D eigenvalue weighted by molar-refractivity contribution is -0.111. The van der Waals surface area contributed by atoms with Gasteiger partial charge in [0.25, 0.3) is 0 Å². The number of benzene rings is 2. The van der Waals surface area contributed by atoms with Gasteiger partial charge in [-0.05, 0) is 54.9 Å². The molecule has 2 aromatic rings. The van der Waals surface area contributed by atoms with Crippen LogP contribution in [0.2, 0.25) is 10.0 Å². The number of amides is 1. The molecule has 4 rings (SSSR count). The highest BCUT2D eigenvalue weighted by Crippen LogP contribution is 2.51. The molecule has 2 fully saturated rings. The van der Waals surface area contributed by atoms with E-state index >= 15 is 0 Å². The fraction of sp³-hybridized carbons (Fsp3) is 0.423. The summed E-state index contributed by atoms with van der Waals surface area (Å²) >= 11 is 13.4. The van der Waals surface area contributed by atoms with E-state index < -0.39 is 0 Å². The molecule has 2 aromatic carbocycles. The molecule has 3 N–H and O–H groups in total. The summed E-state index contributed by atoms with van der Waals surface area (Å²) < 4.78 is 10.9. The Kier molecular flexibility index (Phi) is 7.81. The smallest absolute Gasteiger partial charge is 0.247 e. The van der Waals surface area contributed by atoms with Crippen molar-refractivity contribution in [3.8, 4) is 11.5 Å². The Hall–Kier alpha value is -2.45. The van der Waals surface area contributed by atoms with Crippen molar-refractivity contribution in [2.24, 2.45) is 5.92 Å². The molecule has 35 heavy (non-hydrogen) atoms. The van der Waals surface area contributed by atoms with Gasteiger partial charge in [-0.2, -0.15) is 0 Å². The molecule has 1 amide bonds. The molecule has 9 heteroatoms. The summed E-state index contributed by atoms with van der Waals surface area (Å²) in [6.45, 7) is 3.59. The number of hydrazine groups is 1. The minimum atomic E-state index is -0.232. The SMILES string of the molecule is C=CC(=O)Nc1cc(N(C)C)ccc1C1NNC2C[C@@H](c3c(Cl)c(OC)cc(OC)c3Cl)CCC21. The van der Waals surface area contributed by atoms with Crippen LogP contribution in [0.15, 0.2) is 36.9 Å². The normalized spacial score (nSPS) is 23.4. The number of hydrogen-bond donors (Lipinski definition) is 3. The second-order valence-corrected chi connectivity index (χ2v) is 9.98. The van der Waals surface area contributed by atoms with Crippen LogP contribution >= 0.6 is 23.2 Å². The molecule has 2 aliphatic rings. The molecule has 188 valence electrons. The molecule has 0 aromatic heterocycles. The lowest BCUT2D eigenvalue weighted by Crippen LogP contribution is -2.35. The van der Waals surface area contributed by atoms with Crippen molar-refractivity contribution in [2.75, 3.05) is 38.5 Å². The summed E-state index contributed by atoms with van der Waals surface area (Å²) in [4.78, 5) is 14.2. The number of carbonyl (C=O) groups is 1. The number of hydrogen-bond acceptors (Lipinski definition) is 6. The summed E-state index contributed by atoms with van der Waals surface area (Å²) in [6, 6.07) is 8.13. The van der Waals surface area contributed by atoms with Gasteiger partial charge in [-0.25, -0.2) is 5.43 Å². The second kappa shape index (κ2) is 10.7. The fourth-order valence-corrected chi connectivity index (χ4v) is 6.09. The van der Waals surface area contributed by atoms with E-state index in [1.165, 1.54) is 6.08 Å². The maximum atomic E-state index is 12.2. The van der Waals surface area contributed by atoms with Gasteiger partial charge in [-0.1, -0.05) is 35.8 Å². The van der Waals surface area contributed by atoms with Crippen LogP contribution in [0.5, 0.6) is 11.5 Å². The first kappa shape index (κ1) is 25.6. The minimum Gasteiger partial charge on any atom is -0.495 e. The van der Waals surface area contributed by atoms with Crippen LogP contribution in [-0.2, 0) is 4.79 Å². The molecular weight excluding hydrogens is 487 g/mol. The third-order valence-electron chi connectivity index (χ3n) is 7.10. The van der Waals surface area contributed by atoms with E-state index in [0.717, 1.165) is 41.8 Å². The minimum absolute atomic E-state index is 0.0445. The van der Waals surface area contributed by atoms with Crippen molar-refractivity contribution in [1.82, 2.24) is 10.9 Å². The van der Waals surface area contributed by atoms with Gasteiger partial charge in [-0.3, -0.25) is 10.2 Å². The molecule has 0 bridgehead atoms. The average Bonchev–Trinajstić information content (AvgIpc) is 3.27. The topological polar surface area (TPSA) is 74.9 Å². The van der Waals surface area contributed by atoms with Crippen LogP contribution in [0.3, 0.4) is 0 Å². The van der Waals surface area contributed by atoms with Crippen molar-refractivity contribution in [3.05, 3.63) is 58.1 Å². The number of methoxy groups -OCH3 is 2. The van der Waals surface area contributed by atoms with Crippen LogP contribution in [0.1, 0.15) is 42.3 Å². The molecule has 1 aliphatic heterocycles. The molecule has 0 spiro atoms. The molecule has 1 aliphatic carbocycles. The number of carbonyl (C=O) groups excluding carboxylic acids is 1. The van der Waals surface area contributed by atoms with Crippen molar-refractivity contribution >= 4 is 40.5 Å². The maximum Gasteiger partial charge on any atom is 0.247 e. The van der Waals surface area contributed by atoms with Gasteiger partial charge >= 0.3 is 0 Å². The number of ether oxygens (including phenoxy) is 2. The van der Waals surface area contributed by atoms with Gasteiger partial charge in [-0.15, -0.1) is 0 Å². The van der Waals surface area contributed by atoms with E-state index in [4.69, 9.17) is 32.7 Å². The Morgan fingerprint density at radius 3 is 2.40 bits per heavy atom. The van der Waals surface area contributed by atoms with Crippen molar-refractivity contribution in [2.45, 2.75) is 37.3 Å². The summed E-state index contributed by atoms with van der Waals surface area (Å²) in [5.41, 5.74) is 10.7. The van der Waals surface area contributed by atoms with Gasteiger partial charge in [0, 0.05) is 43.1 Å². The third kappa shape index (κ3) is 4.96.